The van der Waals surface area contributed by atoms with Crippen molar-refractivity contribution in [2.75, 3.05) is 36.0 Å². The fourth-order valence-corrected chi connectivity index (χ4v) is 2.80. The van der Waals surface area contributed by atoms with Gasteiger partial charge in [-0.3, -0.25) is 0 Å². The van der Waals surface area contributed by atoms with Crippen LogP contribution in [0.3, 0.4) is 0 Å². The van der Waals surface area contributed by atoms with Gasteiger partial charge in [-0.15, -0.1) is 5.10 Å². The zero-order chi connectivity index (χ0) is 12.8. The minimum absolute atomic E-state index is 0.132. The third kappa shape index (κ3) is 3.62. The van der Waals surface area contributed by atoms with Crippen LogP contribution < -0.4 is 10.2 Å². The SMILES string of the molecule is CCCNC(C)c1nnc(N2CCCSCC2)o1. The van der Waals surface area contributed by atoms with Gasteiger partial charge in [-0.25, -0.2) is 0 Å². The van der Waals surface area contributed by atoms with Crippen LogP contribution in [0.4, 0.5) is 6.01 Å². The third-order valence-corrected chi connectivity index (χ3v) is 4.04. The molecule has 1 aliphatic rings. The Morgan fingerprint density at radius 3 is 3.11 bits per heavy atom. The van der Waals surface area contributed by atoms with Crippen LogP contribution in [0.1, 0.15) is 38.6 Å². The van der Waals surface area contributed by atoms with E-state index in [1.165, 1.54) is 12.2 Å². The molecule has 1 saturated heterocycles. The van der Waals surface area contributed by atoms with Crippen LogP contribution in [0, 0.1) is 0 Å². The molecule has 1 atom stereocenters. The third-order valence-electron chi connectivity index (χ3n) is 2.99. The van der Waals surface area contributed by atoms with Gasteiger partial charge >= 0.3 is 6.01 Å². The second kappa shape index (κ2) is 6.99. The molecule has 1 unspecified atom stereocenters. The molecule has 1 aromatic rings. The van der Waals surface area contributed by atoms with Crippen LogP contribution in [0.2, 0.25) is 0 Å². The van der Waals surface area contributed by atoms with E-state index in [4.69, 9.17) is 4.42 Å². The highest BCUT2D eigenvalue weighted by Crippen LogP contribution is 2.20. The molecule has 1 fully saturated rings. The lowest BCUT2D eigenvalue weighted by Gasteiger charge is -2.16. The molecule has 0 aromatic carbocycles. The molecule has 0 amide bonds. The summed E-state index contributed by atoms with van der Waals surface area (Å²) < 4.78 is 5.77. The number of nitrogens with one attached hydrogen (secondary N) is 1. The number of rotatable bonds is 5. The average Bonchev–Trinajstić information content (AvgIpc) is 2.72. The number of nitrogens with zero attached hydrogens (tertiary/aromatic N) is 3. The van der Waals surface area contributed by atoms with Crippen molar-refractivity contribution in [2.24, 2.45) is 0 Å². The van der Waals surface area contributed by atoms with E-state index in [0.29, 0.717) is 11.9 Å². The van der Waals surface area contributed by atoms with Crippen LogP contribution in [-0.2, 0) is 0 Å². The molecule has 1 N–H and O–H groups in total. The first-order chi connectivity index (χ1) is 8.81. The minimum atomic E-state index is 0.132. The minimum Gasteiger partial charge on any atom is -0.406 e. The van der Waals surface area contributed by atoms with Gasteiger partial charge in [-0.05, 0) is 32.1 Å². The Morgan fingerprint density at radius 2 is 2.28 bits per heavy atom. The Hall–Kier alpha value is -0.750. The van der Waals surface area contributed by atoms with Crippen molar-refractivity contribution in [1.29, 1.82) is 0 Å². The van der Waals surface area contributed by atoms with E-state index in [-0.39, 0.29) is 6.04 Å². The van der Waals surface area contributed by atoms with Gasteiger partial charge in [0.2, 0.25) is 5.89 Å². The van der Waals surface area contributed by atoms with Crippen LogP contribution in [-0.4, -0.2) is 41.3 Å². The predicted octanol–water partition coefficient (Wildman–Crippen LogP) is 2.07. The van der Waals surface area contributed by atoms with E-state index in [2.05, 4.69) is 34.3 Å². The normalized spacial score (nSPS) is 18.7. The highest BCUT2D eigenvalue weighted by atomic mass is 32.2. The van der Waals surface area contributed by atoms with Gasteiger partial charge in [0, 0.05) is 18.8 Å². The number of aromatic nitrogens is 2. The first-order valence-electron chi connectivity index (χ1n) is 6.70. The first-order valence-corrected chi connectivity index (χ1v) is 7.86. The van der Waals surface area contributed by atoms with Gasteiger partial charge in [0.25, 0.3) is 0 Å². The maximum absolute atomic E-state index is 5.77. The molecule has 0 aliphatic carbocycles. The second-order valence-electron chi connectivity index (χ2n) is 4.55. The van der Waals surface area contributed by atoms with E-state index in [9.17, 15) is 0 Å². The fourth-order valence-electron chi connectivity index (χ4n) is 1.91. The lowest BCUT2D eigenvalue weighted by atomic mass is 10.3. The molecule has 0 saturated carbocycles. The molecule has 0 bridgehead atoms. The fraction of sp³-hybridized carbons (Fsp3) is 0.833. The first kappa shape index (κ1) is 13.7. The zero-order valence-electron chi connectivity index (χ0n) is 11.2. The Balaban J connectivity index is 1.95. The Bertz CT molecular complexity index is 350. The van der Waals surface area contributed by atoms with Crippen molar-refractivity contribution in [3.05, 3.63) is 5.89 Å². The van der Waals surface area contributed by atoms with Gasteiger partial charge in [0.05, 0.1) is 6.04 Å². The van der Waals surface area contributed by atoms with Crippen molar-refractivity contribution in [3.63, 3.8) is 0 Å². The largest absolute Gasteiger partial charge is 0.406 e. The summed E-state index contributed by atoms with van der Waals surface area (Å²) in [7, 11) is 0. The van der Waals surface area contributed by atoms with Crippen molar-refractivity contribution in [3.8, 4) is 0 Å². The van der Waals surface area contributed by atoms with Crippen LogP contribution in [0.25, 0.3) is 0 Å². The molecule has 2 heterocycles. The van der Waals surface area contributed by atoms with Gasteiger partial charge in [-0.2, -0.15) is 11.8 Å². The maximum Gasteiger partial charge on any atom is 0.318 e. The van der Waals surface area contributed by atoms with Crippen LogP contribution in [0.5, 0.6) is 0 Å². The van der Waals surface area contributed by atoms with Crippen molar-refractivity contribution in [1.82, 2.24) is 15.5 Å². The van der Waals surface area contributed by atoms with Gasteiger partial charge < -0.3 is 14.6 Å². The summed E-state index contributed by atoms with van der Waals surface area (Å²) in [5.74, 6) is 3.06. The molecule has 2 rings (SSSR count). The van der Waals surface area contributed by atoms with Gasteiger partial charge in [0.1, 0.15) is 0 Å². The molecule has 18 heavy (non-hydrogen) atoms. The number of hydrogen-bond donors (Lipinski definition) is 1. The number of hydrogen-bond acceptors (Lipinski definition) is 6. The Labute approximate surface area is 113 Å². The summed E-state index contributed by atoms with van der Waals surface area (Å²) in [6.45, 7) is 7.20. The average molecular weight is 270 g/mol. The summed E-state index contributed by atoms with van der Waals surface area (Å²) in [6, 6.07) is 0.810. The molecule has 1 aromatic heterocycles. The quantitative estimate of drug-likeness (QED) is 0.884. The van der Waals surface area contributed by atoms with E-state index in [1.54, 1.807) is 0 Å². The molecule has 0 spiro atoms. The maximum atomic E-state index is 5.77. The van der Waals surface area contributed by atoms with Gasteiger partial charge in [0.15, 0.2) is 0 Å². The number of anilines is 1. The monoisotopic (exact) mass is 270 g/mol. The molecule has 102 valence electrons. The van der Waals surface area contributed by atoms with E-state index >= 15 is 0 Å². The molecule has 5 nitrogen and oxygen atoms in total. The molecular weight excluding hydrogens is 248 g/mol. The predicted molar refractivity (Wildman–Crippen MR) is 75.2 cm³/mol. The summed E-state index contributed by atoms with van der Waals surface area (Å²) in [6.07, 6.45) is 2.29. The lowest BCUT2D eigenvalue weighted by Crippen LogP contribution is -2.25. The van der Waals surface area contributed by atoms with Crippen molar-refractivity contribution < 1.29 is 4.42 Å². The Morgan fingerprint density at radius 1 is 1.39 bits per heavy atom. The molecule has 0 radical (unpaired) electrons. The standard InChI is InChI=1S/C12H22N4OS/c1-3-5-13-10(2)11-14-15-12(17-11)16-6-4-8-18-9-7-16/h10,13H,3-9H2,1-2H3. The summed E-state index contributed by atoms with van der Waals surface area (Å²) >= 11 is 1.99. The lowest BCUT2D eigenvalue weighted by molar-refractivity contribution is 0.414. The summed E-state index contributed by atoms with van der Waals surface area (Å²) in [5.41, 5.74) is 0. The molecule has 6 heteroatoms. The van der Waals surface area contributed by atoms with Crippen LogP contribution in [0.15, 0.2) is 4.42 Å². The highest BCUT2D eigenvalue weighted by molar-refractivity contribution is 7.99. The smallest absolute Gasteiger partial charge is 0.318 e. The second-order valence-corrected chi connectivity index (χ2v) is 5.78. The topological polar surface area (TPSA) is 54.2 Å². The molecular formula is C12H22N4OS. The van der Waals surface area contributed by atoms with E-state index < -0.39 is 0 Å². The molecule has 1 aliphatic heterocycles. The van der Waals surface area contributed by atoms with Crippen molar-refractivity contribution in [2.45, 2.75) is 32.7 Å². The van der Waals surface area contributed by atoms with E-state index in [0.717, 1.165) is 31.8 Å². The zero-order valence-corrected chi connectivity index (χ0v) is 12.0. The highest BCUT2D eigenvalue weighted by Gasteiger charge is 2.18. The number of thioether (sulfide) groups is 1. The Kier molecular flexibility index (Phi) is 5.31. The van der Waals surface area contributed by atoms with Crippen LogP contribution >= 0.6 is 11.8 Å². The van der Waals surface area contributed by atoms with Crippen molar-refractivity contribution >= 4 is 17.8 Å². The summed E-state index contributed by atoms with van der Waals surface area (Å²) in [4.78, 5) is 2.20. The van der Waals surface area contributed by atoms with Gasteiger partial charge in [-0.1, -0.05) is 12.0 Å². The van der Waals surface area contributed by atoms with E-state index in [1.807, 2.05) is 11.8 Å². The summed E-state index contributed by atoms with van der Waals surface area (Å²) in [5, 5.41) is 11.7.